The molecule has 29 heavy (non-hydrogen) atoms. The summed E-state index contributed by atoms with van der Waals surface area (Å²) in [6.07, 6.45) is 4.62. The molecule has 3 aromatic rings. The average Bonchev–Trinajstić information content (AvgIpc) is 3.39. The normalized spacial score (nSPS) is 14.7. The van der Waals surface area contributed by atoms with E-state index in [2.05, 4.69) is 65.8 Å². The highest BCUT2D eigenvalue weighted by molar-refractivity contribution is 5.76. The second-order valence-electron chi connectivity index (χ2n) is 8.04. The van der Waals surface area contributed by atoms with Gasteiger partial charge in [0.1, 0.15) is 5.76 Å². The van der Waals surface area contributed by atoms with E-state index in [9.17, 15) is 4.79 Å². The van der Waals surface area contributed by atoms with E-state index in [4.69, 9.17) is 4.42 Å². The Kier molecular flexibility index (Phi) is 5.81. The van der Waals surface area contributed by atoms with Gasteiger partial charge in [0.25, 0.3) is 0 Å². The SMILES string of the molecule is CN(Cc1ccccc1)C1(CNC(=O)CCc2ccco2)Cc2ccccc2C1. The number of carbonyl (C=O) groups excluding carboxylic acids is 1. The number of furan rings is 1. The first-order chi connectivity index (χ1) is 14.1. The van der Waals surface area contributed by atoms with E-state index in [0.29, 0.717) is 19.4 Å². The van der Waals surface area contributed by atoms with E-state index in [-0.39, 0.29) is 11.4 Å². The van der Waals surface area contributed by atoms with Crippen LogP contribution in [0.15, 0.2) is 77.4 Å². The predicted molar refractivity (Wildman–Crippen MR) is 115 cm³/mol. The van der Waals surface area contributed by atoms with E-state index in [1.165, 1.54) is 16.7 Å². The lowest BCUT2D eigenvalue weighted by Crippen LogP contribution is -2.54. The zero-order valence-electron chi connectivity index (χ0n) is 16.9. The molecule has 2 aromatic carbocycles. The van der Waals surface area contributed by atoms with Gasteiger partial charge in [0, 0.05) is 31.5 Å². The van der Waals surface area contributed by atoms with Crippen LogP contribution in [0.4, 0.5) is 0 Å². The lowest BCUT2D eigenvalue weighted by molar-refractivity contribution is -0.121. The van der Waals surface area contributed by atoms with E-state index >= 15 is 0 Å². The van der Waals surface area contributed by atoms with Crippen LogP contribution in [0.1, 0.15) is 28.9 Å². The number of nitrogens with one attached hydrogen (secondary N) is 1. The first kappa shape index (κ1) is 19.5. The molecule has 1 N–H and O–H groups in total. The molecule has 4 nitrogen and oxygen atoms in total. The van der Waals surface area contributed by atoms with Gasteiger partial charge in [-0.3, -0.25) is 9.69 Å². The highest BCUT2D eigenvalue weighted by Crippen LogP contribution is 2.34. The lowest BCUT2D eigenvalue weighted by atomic mass is 9.92. The maximum absolute atomic E-state index is 12.5. The molecule has 1 aliphatic carbocycles. The molecule has 4 heteroatoms. The average molecular weight is 389 g/mol. The maximum atomic E-state index is 12.5. The molecule has 0 unspecified atom stereocenters. The summed E-state index contributed by atoms with van der Waals surface area (Å²) < 4.78 is 5.34. The third-order valence-electron chi connectivity index (χ3n) is 6.02. The first-order valence-corrected chi connectivity index (χ1v) is 10.3. The third-order valence-corrected chi connectivity index (χ3v) is 6.02. The lowest BCUT2D eigenvalue weighted by Gasteiger charge is -2.39. The van der Waals surface area contributed by atoms with Crippen molar-refractivity contribution in [2.45, 2.75) is 37.8 Å². The number of fused-ring (bicyclic) bond motifs is 1. The fourth-order valence-corrected chi connectivity index (χ4v) is 4.27. The van der Waals surface area contributed by atoms with Crippen molar-refractivity contribution in [3.05, 3.63) is 95.4 Å². The Hall–Kier alpha value is -2.85. The van der Waals surface area contributed by atoms with Crippen molar-refractivity contribution >= 4 is 5.91 Å². The van der Waals surface area contributed by atoms with Crippen LogP contribution in [0.2, 0.25) is 0 Å². The number of aryl methyl sites for hydroxylation is 1. The second kappa shape index (κ2) is 8.66. The molecule has 1 aliphatic rings. The summed E-state index contributed by atoms with van der Waals surface area (Å²) >= 11 is 0. The number of benzene rings is 2. The Morgan fingerprint density at radius 1 is 1.00 bits per heavy atom. The zero-order chi connectivity index (χ0) is 20.1. The van der Waals surface area contributed by atoms with Crippen molar-refractivity contribution in [1.82, 2.24) is 10.2 Å². The molecule has 0 atom stereocenters. The van der Waals surface area contributed by atoms with Crippen molar-refractivity contribution in [3.8, 4) is 0 Å². The van der Waals surface area contributed by atoms with Crippen molar-refractivity contribution in [2.24, 2.45) is 0 Å². The van der Waals surface area contributed by atoms with Crippen LogP contribution >= 0.6 is 0 Å². The van der Waals surface area contributed by atoms with Crippen LogP contribution in [0.25, 0.3) is 0 Å². The first-order valence-electron chi connectivity index (χ1n) is 10.3. The van der Waals surface area contributed by atoms with Crippen LogP contribution in [0, 0.1) is 0 Å². The van der Waals surface area contributed by atoms with Gasteiger partial charge < -0.3 is 9.73 Å². The van der Waals surface area contributed by atoms with Crippen molar-refractivity contribution < 1.29 is 9.21 Å². The number of amides is 1. The van der Waals surface area contributed by atoms with Crippen molar-refractivity contribution in [3.63, 3.8) is 0 Å². The Labute approximate surface area is 172 Å². The molecule has 1 aromatic heterocycles. The number of hydrogen-bond donors (Lipinski definition) is 1. The molecule has 150 valence electrons. The summed E-state index contributed by atoms with van der Waals surface area (Å²) in [4.78, 5) is 14.9. The van der Waals surface area contributed by atoms with Crippen LogP contribution in [-0.2, 0) is 30.6 Å². The summed E-state index contributed by atoms with van der Waals surface area (Å²) in [5, 5.41) is 3.21. The molecule has 1 amide bonds. The molecule has 0 saturated heterocycles. The van der Waals surface area contributed by atoms with Gasteiger partial charge in [-0.2, -0.15) is 0 Å². The Morgan fingerprint density at radius 3 is 2.34 bits per heavy atom. The molecule has 0 spiro atoms. The Balaban J connectivity index is 1.45. The number of likely N-dealkylation sites (N-methyl/N-ethyl adjacent to an activating group) is 1. The van der Waals surface area contributed by atoms with Gasteiger partial charge >= 0.3 is 0 Å². The fourth-order valence-electron chi connectivity index (χ4n) is 4.27. The van der Waals surface area contributed by atoms with Gasteiger partial charge in [0.15, 0.2) is 0 Å². The number of nitrogens with zero attached hydrogens (tertiary/aromatic N) is 1. The highest BCUT2D eigenvalue weighted by Gasteiger charge is 2.40. The molecule has 1 heterocycles. The summed E-state index contributed by atoms with van der Waals surface area (Å²) in [5.74, 6) is 0.925. The summed E-state index contributed by atoms with van der Waals surface area (Å²) in [7, 11) is 2.17. The van der Waals surface area contributed by atoms with Gasteiger partial charge in [-0.15, -0.1) is 0 Å². The van der Waals surface area contributed by atoms with Crippen LogP contribution in [0.3, 0.4) is 0 Å². The highest BCUT2D eigenvalue weighted by atomic mass is 16.3. The van der Waals surface area contributed by atoms with E-state index in [0.717, 1.165) is 25.1 Å². The van der Waals surface area contributed by atoms with Crippen LogP contribution in [0.5, 0.6) is 0 Å². The Morgan fingerprint density at radius 2 is 1.69 bits per heavy atom. The number of hydrogen-bond acceptors (Lipinski definition) is 3. The second-order valence-corrected chi connectivity index (χ2v) is 8.04. The summed E-state index contributed by atoms with van der Waals surface area (Å²) in [6, 6.07) is 22.9. The quantitative estimate of drug-likeness (QED) is 0.634. The summed E-state index contributed by atoms with van der Waals surface area (Å²) in [5.41, 5.74) is 3.95. The zero-order valence-corrected chi connectivity index (χ0v) is 16.9. The van der Waals surface area contributed by atoms with Crippen LogP contribution < -0.4 is 5.32 Å². The fraction of sp³-hybridized carbons (Fsp3) is 0.320. The number of carbonyl (C=O) groups is 1. The topological polar surface area (TPSA) is 45.5 Å². The molecule has 0 bridgehead atoms. The maximum Gasteiger partial charge on any atom is 0.220 e. The minimum Gasteiger partial charge on any atom is -0.469 e. The standard InChI is InChI=1S/C25H28N2O2/c1-27(18-20-8-3-2-4-9-20)25(16-21-10-5-6-11-22(21)17-25)19-26-24(28)14-13-23-12-7-15-29-23/h2-12,15H,13-14,16-19H2,1H3,(H,26,28). The van der Waals surface area contributed by atoms with E-state index < -0.39 is 0 Å². The van der Waals surface area contributed by atoms with Gasteiger partial charge in [-0.1, -0.05) is 54.6 Å². The van der Waals surface area contributed by atoms with Crippen LogP contribution in [-0.4, -0.2) is 29.9 Å². The number of rotatable bonds is 8. The molecular formula is C25H28N2O2. The summed E-state index contributed by atoms with van der Waals surface area (Å²) in [6.45, 7) is 1.50. The van der Waals surface area contributed by atoms with E-state index in [1.807, 2.05) is 18.2 Å². The predicted octanol–water partition coefficient (Wildman–Crippen LogP) is 4.00. The molecule has 0 fully saturated rings. The smallest absolute Gasteiger partial charge is 0.220 e. The largest absolute Gasteiger partial charge is 0.469 e. The van der Waals surface area contributed by atoms with Gasteiger partial charge in [0.05, 0.1) is 6.26 Å². The molecule has 4 rings (SSSR count). The van der Waals surface area contributed by atoms with Crippen molar-refractivity contribution in [2.75, 3.05) is 13.6 Å². The van der Waals surface area contributed by atoms with Gasteiger partial charge in [-0.05, 0) is 48.7 Å². The van der Waals surface area contributed by atoms with Gasteiger partial charge in [0.2, 0.25) is 5.91 Å². The molecular weight excluding hydrogens is 360 g/mol. The minimum atomic E-state index is -0.111. The molecule has 0 aliphatic heterocycles. The monoisotopic (exact) mass is 388 g/mol. The van der Waals surface area contributed by atoms with Gasteiger partial charge in [-0.25, -0.2) is 0 Å². The Bertz CT molecular complexity index is 909. The molecule has 0 saturated carbocycles. The molecule has 0 radical (unpaired) electrons. The van der Waals surface area contributed by atoms with E-state index in [1.54, 1.807) is 6.26 Å². The van der Waals surface area contributed by atoms with Crippen molar-refractivity contribution in [1.29, 1.82) is 0 Å². The minimum absolute atomic E-state index is 0.0739. The third kappa shape index (κ3) is 4.60.